The number of nitrogens with one attached hydrogen (secondary N) is 1. The molecule has 1 N–H and O–H groups in total. The van der Waals surface area contributed by atoms with Crippen molar-refractivity contribution in [1.82, 2.24) is 0 Å². The molecule has 15 heavy (non-hydrogen) atoms. The van der Waals surface area contributed by atoms with Crippen molar-refractivity contribution in [3.63, 3.8) is 0 Å². The average molecular weight is 272 g/mol. The van der Waals surface area contributed by atoms with Crippen LogP contribution in [0.1, 0.15) is 19.4 Å². The number of hydrogen-bond donors (Lipinski definition) is 1. The molecule has 0 unspecified atom stereocenters. The lowest BCUT2D eigenvalue weighted by molar-refractivity contribution is 0.0870. The Hall–Kier alpha value is -0.540. The predicted molar refractivity (Wildman–Crippen MR) is 68.5 cm³/mol. The van der Waals surface area contributed by atoms with Crippen molar-refractivity contribution < 1.29 is 4.74 Å². The minimum atomic E-state index is 0.302. The maximum Gasteiger partial charge on any atom is 0.0642 e. The van der Waals surface area contributed by atoms with Gasteiger partial charge in [0.1, 0.15) is 0 Å². The second-order valence-corrected chi connectivity index (χ2v) is 4.66. The van der Waals surface area contributed by atoms with Crippen molar-refractivity contribution >= 4 is 21.6 Å². The quantitative estimate of drug-likeness (QED) is 0.827. The highest BCUT2D eigenvalue weighted by Gasteiger charge is 1.97. The normalized spacial score (nSPS) is 10.7. The van der Waals surface area contributed by atoms with Crippen LogP contribution in [0.5, 0.6) is 0 Å². The minimum absolute atomic E-state index is 0.302. The van der Waals surface area contributed by atoms with E-state index in [2.05, 4.69) is 46.4 Å². The summed E-state index contributed by atoms with van der Waals surface area (Å²) in [7, 11) is 0. The lowest BCUT2D eigenvalue weighted by atomic mass is 10.2. The summed E-state index contributed by atoms with van der Waals surface area (Å²) in [6, 6.07) is 6.26. The van der Waals surface area contributed by atoms with Crippen molar-refractivity contribution in [3.05, 3.63) is 28.2 Å². The van der Waals surface area contributed by atoms with Gasteiger partial charge in [-0.3, -0.25) is 0 Å². The van der Waals surface area contributed by atoms with Crippen molar-refractivity contribution in [2.24, 2.45) is 0 Å². The molecule has 1 aromatic carbocycles. The van der Waals surface area contributed by atoms with Gasteiger partial charge in [-0.25, -0.2) is 0 Å². The van der Waals surface area contributed by atoms with E-state index in [4.69, 9.17) is 4.74 Å². The highest BCUT2D eigenvalue weighted by atomic mass is 79.9. The third-order valence-electron chi connectivity index (χ3n) is 2.05. The van der Waals surface area contributed by atoms with Crippen LogP contribution in [0.2, 0.25) is 0 Å². The molecule has 0 aromatic heterocycles. The van der Waals surface area contributed by atoms with E-state index in [0.29, 0.717) is 6.10 Å². The Morgan fingerprint density at radius 2 is 2.13 bits per heavy atom. The highest BCUT2D eigenvalue weighted by Crippen LogP contribution is 2.20. The Labute approximate surface area is 100 Å². The van der Waals surface area contributed by atoms with Gasteiger partial charge in [0, 0.05) is 16.7 Å². The topological polar surface area (TPSA) is 21.3 Å². The van der Waals surface area contributed by atoms with E-state index in [1.54, 1.807) is 0 Å². The molecule has 3 heteroatoms. The van der Waals surface area contributed by atoms with Crippen LogP contribution in [-0.2, 0) is 4.74 Å². The van der Waals surface area contributed by atoms with E-state index < -0.39 is 0 Å². The number of aryl methyl sites for hydroxylation is 1. The fourth-order valence-electron chi connectivity index (χ4n) is 1.19. The Kier molecular flexibility index (Phi) is 5.12. The number of anilines is 1. The maximum absolute atomic E-state index is 5.44. The number of ether oxygens (including phenoxy) is 1. The third-order valence-corrected chi connectivity index (χ3v) is 2.91. The summed E-state index contributed by atoms with van der Waals surface area (Å²) in [5.41, 5.74) is 2.37. The summed E-state index contributed by atoms with van der Waals surface area (Å²) in [5, 5.41) is 3.31. The molecule has 0 bridgehead atoms. The molecular formula is C12H18BrNO. The summed E-state index contributed by atoms with van der Waals surface area (Å²) in [5.74, 6) is 0. The van der Waals surface area contributed by atoms with Gasteiger partial charge in [-0.05, 0) is 38.5 Å². The van der Waals surface area contributed by atoms with Gasteiger partial charge < -0.3 is 10.1 Å². The monoisotopic (exact) mass is 271 g/mol. The van der Waals surface area contributed by atoms with E-state index in [-0.39, 0.29) is 0 Å². The van der Waals surface area contributed by atoms with Gasteiger partial charge in [-0.1, -0.05) is 22.0 Å². The van der Waals surface area contributed by atoms with E-state index in [0.717, 1.165) is 23.3 Å². The first-order valence-corrected chi connectivity index (χ1v) is 6.00. The zero-order valence-electron chi connectivity index (χ0n) is 9.51. The molecular weight excluding hydrogens is 254 g/mol. The van der Waals surface area contributed by atoms with Gasteiger partial charge in [0.05, 0.1) is 12.7 Å². The van der Waals surface area contributed by atoms with Crippen LogP contribution in [0, 0.1) is 6.92 Å². The van der Waals surface area contributed by atoms with Crippen molar-refractivity contribution in [2.45, 2.75) is 26.9 Å². The standard InChI is InChI=1S/C12H18BrNO/c1-9(2)15-7-6-14-11-5-4-10(3)12(13)8-11/h4-5,8-9,14H,6-7H2,1-3H3. The summed E-state index contributed by atoms with van der Waals surface area (Å²) >= 11 is 3.51. The lowest BCUT2D eigenvalue weighted by Gasteiger charge is -2.10. The second kappa shape index (κ2) is 6.13. The van der Waals surface area contributed by atoms with Gasteiger partial charge in [0.2, 0.25) is 0 Å². The number of hydrogen-bond acceptors (Lipinski definition) is 2. The molecule has 1 rings (SSSR count). The molecule has 0 spiro atoms. The lowest BCUT2D eigenvalue weighted by Crippen LogP contribution is -2.13. The van der Waals surface area contributed by atoms with Crippen molar-refractivity contribution in [1.29, 1.82) is 0 Å². The summed E-state index contributed by atoms with van der Waals surface area (Å²) in [4.78, 5) is 0. The average Bonchev–Trinajstić information content (AvgIpc) is 2.18. The Bertz CT molecular complexity index is 312. The van der Waals surface area contributed by atoms with Gasteiger partial charge in [0.25, 0.3) is 0 Å². The van der Waals surface area contributed by atoms with E-state index in [1.165, 1.54) is 5.56 Å². The zero-order valence-corrected chi connectivity index (χ0v) is 11.1. The molecule has 84 valence electrons. The molecule has 0 saturated carbocycles. The van der Waals surface area contributed by atoms with E-state index in [9.17, 15) is 0 Å². The highest BCUT2D eigenvalue weighted by molar-refractivity contribution is 9.10. The van der Waals surface area contributed by atoms with Crippen LogP contribution in [0.3, 0.4) is 0 Å². The van der Waals surface area contributed by atoms with Crippen molar-refractivity contribution in [3.8, 4) is 0 Å². The molecule has 0 aliphatic carbocycles. The molecule has 0 heterocycles. The predicted octanol–water partition coefficient (Wildman–Crippen LogP) is 3.59. The Morgan fingerprint density at radius 1 is 1.40 bits per heavy atom. The molecule has 0 aliphatic rings. The third kappa shape index (κ3) is 4.67. The first-order chi connectivity index (χ1) is 7.09. The summed E-state index contributed by atoms with van der Waals surface area (Å²) in [6.45, 7) is 7.75. The van der Waals surface area contributed by atoms with Crippen LogP contribution in [-0.4, -0.2) is 19.3 Å². The van der Waals surface area contributed by atoms with E-state index >= 15 is 0 Å². The maximum atomic E-state index is 5.44. The molecule has 0 atom stereocenters. The summed E-state index contributed by atoms with van der Waals surface area (Å²) < 4.78 is 6.58. The van der Waals surface area contributed by atoms with Crippen LogP contribution in [0.25, 0.3) is 0 Å². The Morgan fingerprint density at radius 3 is 2.73 bits per heavy atom. The van der Waals surface area contributed by atoms with Crippen LogP contribution in [0.15, 0.2) is 22.7 Å². The molecule has 0 radical (unpaired) electrons. The molecule has 0 saturated heterocycles. The van der Waals surface area contributed by atoms with Gasteiger partial charge in [0.15, 0.2) is 0 Å². The fraction of sp³-hybridized carbons (Fsp3) is 0.500. The van der Waals surface area contributed by atoms with Gasteiger partial charge in [-0.15, -0.1) is 0 Å². The second-order valence-electron chi connectivity index (χ2n) is 3.81. The SMILES string of the molecule is Cc1ccc(NCCOC(C)C)cc1Br. The first kappa shape index (κ1) is 12.5. The number of benzene rings is 1. The molecule has 2 nitrogen and oxygen atoms in total. The van der Waals surface area contributed by atoms with Crippen LogP contribution < -0.4 is 5.32 Å². The first-order valence-electron chi connectivity index (χ1n) is 5.21. The van der Waals surface area contributed by atoms with Gasteiger partial charge >= 0.3 is 0 Å². The molecule has 0 fully saturated rings. The smallest absolute Gasteiger partial charge is 0.0642 e. The fourth-order valence-corrected chi connectivity index (χ4v) is 1.57. The van der Waals surface area contributed by atoms with Crippen molar-refractivity contribution in [2.75, 3.05) is 18.5 Å². The Balaban J connectivity index is 2.35. The largest absolute Gasteiger partial charge is 0.383 e. The van der Waals surface area contributed by atoms with Crippen LogP contribution >= 0.6 is 15.9 Å². The summed E-state index contributed by atoms with van der Waals surface area (Å²) in [6.07, 6.45) is 0.302. The molecule has 0 amide bonds. The molecule has 1 aromatic rings. The number of halogens is 1. The van der Waals surface area contributed by atoms with Gasteiger partial charge in [-0.2, -0.15) is 0 Å². The molecule has 0 aliphatic heterocycles. The van der Waals surface area contributed by atoms with E-state index in [1.807, 2.05) is 13.8 Å². The van der Waals surface area contributed by atoms with Crippen LogP contribution in [0.4, 0.5) is 5.69 Å². The zero-order chi connectivity index (χ0) is 11.3. The minimum Gasteiger partial charge on any atom is -0.383 e. The number of rotatable bonds is 5.